The molecule has 0 spiro atoms. The molecule has 3 heterocycles. The summed E-state index contributed by atoms with van der Waals surface area (Å²) >= 11 is 1.38. The third-order valence-electron chi connectivity index (χ3n) is 4.29. The molecule has 0 bridgehead atoms. The molecule has 0 aliphatic heterocycles. The number of furan rings is 1. The number of carbonyl (C=O) groups excluding carboxylic acids is 1. The number of carbonyl (C=O) groups is 1. The monoisotopic (exact) mass is 370 g/mol. The van der Waals surface area contributed by atoms with Crippen molar-refractivity contribution in [1.29, 1.82) is 0 Å². The van der Waals surface area contributed by atoms with Crippen LogP contribution < -0.4 is 0 Å². The number of allylic oxidation sites excluding steroid dienone is 1. The van der Waals surface area contributed by atoms with Crippen molar-refractivity contribution in [2.45, 2.75) is 39.0 Å². The predicted molar refractivity (Wildman–Crippen MR) is 103 cm³/mol. The van der Waals surface area contributed by atoms with Gasteiger partial charge in [-0.3, -0.25) is 9.36 Å². The second-order valence-corrected chi connectivity index (χ2v) is 6.87. The number of ketones is 1. The Morgan fingerprint density at radius 3 is 2.77 bits per heavy atom. The van der Waals surface area contributed by atoms with Gasteiger partial charge in [0.05, 0.1) is 12.0 Å². The van der Waals surface area contributed by atoms with E-state index in [1.165, 1.54) is 11.8 Å². The molecule has 3 aromatic heterocycles. The fourth-order valence-corrected chi connectivity index (χ4v) is 3.89. The van der Waals surface area contributed by atoms with Gasteiger partial charge in [0, 0.05) is 30.0 Å². The first kappa shape index (κ1) is 18.3. The summed E-state index contributed by atoms with van der Waals surface area (Å²) in [5, 5.41) is 9.12. The fraction of sp³-hybridized carbons (Fsp3) is 0.316. The Hall–Kier alpha value is -2.54. The second-order valence-electron chi connectivity index (χ2n) is 5.92. The maximum Gasteiger partial charge on any atom is 0.200 e. The van der Waals surface area contributed by atoms with Gasteiger partial charge in [0.25, 0.3) is 0 Å². The Morgan fingerprint density at radius 1 is 1.35 bits per heavy atom. The van der Waals surface area contributed by atoms with Crippen LogP contribution in [0.15, 0.2) is 46.7 Å². The summed E-state index contributed by atoms with van der Waals surface area (Å²) in [6.07, 6.45) is 3.37. The smallest absolute Gasteiger partial charge is 0.200 e. The van der Waals surface area contributed by atoms with E-state index in [-0.39, 0.29) is 5.78 Å². The lowest BCUT2D eigenvalue weighted by Crippen LogP contribution is -2.07. The Bertz CT molecular complexity index is 922. The third-order valence-corrected chi connectivity index (χ3v) is 5.26. The van der Waals surface area contributed by atoms with Crippen molar-refractivity contribution >= 4 is 17.5 Å². The highest BCUT2D eigenvalue weighted by Crippen LogP contribution is 2.26. The fourth-order valence-electron chi connectivity index (χ4n) is 3.06. The lowest BCUT2D eigenvalue weighted by Gasteiger charge is -2.07. The number of aromatic nitrogens is 4. The molecule has 3 aromatic rings. The van der Waals surface area contributed by atoms with Crippen LogP contribution in [-0.4, -0.2) is 30.9 Å². The van der Waals surface area contributed by atoms with Crippen LogP contribution >= 0.6 is 11.8 Å². The van der Waals surface area contributed by atoms with Gasteiger partial charge in [-0.1, -0.05) is 17.8 Å². The normalized spacial score (nSPS) is 11.0. The highest BCUT2D eigenvalue weighted by atomic mass is 32.2. The van der Waals surface area contributed by atoms with Crippen molar-refractivity contribution in [3.05, 3.63) is 54.1 Å². The topological polar surface area (TPSA) is 65.8 Å². The zero-order valence-electron chi connectivity index (χ0n) is 15.2. The number of thioether (sulfide) groups is 1. The number of nitrogens with zero attached hydrogens (tertiary/aromatic N) is 4. The molecule has 7 heteroatoms. The standard InChI is InChI=1S/C19H22N4O2S/c1-5-9-23-18(17-8-7-10-25-17)20-21-19(23)26-12-16(24)15-11-13(3)22(6-2)14(15)4/h5,7-8,10-11H,1,6,9,12H2,2-4H3. The van der Waals surface area contributed by atoms with Gasteiger partial charge in [0.15, 0.2) is 16.7 Å². The molecule has 6 nitrogen and oxygen atoms in total. The molecule has 0 radical (unpaired) electrons. The quantitative estimate of drug-likeness (QED) is 0.339. The van der Waals surface area contributed by atoms with Gasteiger partial charge in [-0.15, -0.1) is 16.8 Å². The molecule has 0 aromatic carbocycles. The molecule has 0 aliphatic rings. The van der Waals surface area contributed by atoms with Gasteiger partial charge in [-0.25, -0.2) is 0 Å². The van der Waals surface area contributed by atoms with E-state index in [0.29, 0.717) is 29.0 Å². The van der Waals surface area contributed by atoms with E-state index >= 15 is 0 Å². The SMILES string of the molecule is C=CCn1c(SCC(=O)c2cc(C)n(CC)c2C)nnc1-c1ccco1. The van der Waals surface area contributed by atoms with Gasteiger partial charge >= 0.3 is 0 Å². The van der Waals surface area contributed by atoms with E-state index in [2.05, 4.69) is 28.3 Å². The number of aryl methyl sites for hydroxylation is 1. The summed E-state index contributed by atoms with van der Waals surface area (Å²) in [7, 11) is 0. The highest BCUT2D eigenvalue weighted by molar-refractivity contribution is 7.99. The second kappa shape index (κ2) is 7.78. The van der Waals surface area contributed by atoms with Crippen molar-refractivity contribution in [2.24, 2.45) is 0 Å². The average Bonchev–Trinajstić information content (AvgIpc) is 3.33. The molecule has 26 heavy (non-hydrogen) atoms. The van der Waals surface area contributed by atoms with Gasteiger partial charge in [-0.2, -0.15) is 0 Å². The Labute approximate surface area is 156 Å². The minimum Gasteiger partial charge on any atom is -0.461 e. The number of Topliss-reactive ketones (excluding diaryl/α,β-unsaturated/α-hetero) is 1. The summed E-state index contributed by atoms with van der Waals surface area (Å²) in [5.74, 6) is 1.68. The Morgan fingerprint density at radius 2 is 2.15 bits per heavy atom. The summed E-state index contributed by atoms with van der Waals surface area (Å²) < 4.78 is 9.47. The largest absolute Gasteiger partial charge is 0.461 e. The first-order valence-corrected chi connectivity index (χ1v) is 9.46. The number of hydrogen-bond donors (Lipinski definition) is 0. The summed E-state index contributed by atoms with van der Waals surface area (Å²) in [5.41, 5.74) is 2.89. The van der Waals surface area contributed by atoms with E-state index in [1.54, 1.807) is 12.3 Å². The van der Waals surface area contributed by atoms with E-state index in [0.717, 1.165) is 23.5 Å². The Balaban J connectivity index is 1.79. The zero-order chi connectivity index (χ0) is 18.7. The lowest BCUT2D eigenvalue weighted by atomic mass is 10.2. The predicted octanol–water partition coefficient (Wildman–Crippen LogP) is 4.14. The minimum atomic E-state index is 0.0931. The molecule has 0 atom stereocenters. The van der Waals surface area contributed by atoms with E-state index in [4.69, 9.17) is 4.42 Å². The van der Waals surface area contributed by atoms with Crippen LogP contribution in [0.4, 0.5) is 0 Å². The van der Waals surface area contributed by atoms with Gasteiger partial charge < -0.3 is 8.98 Å². The molecule has 0 fully saturated rings. The molecule has 136 valence electrons. The average molecular weight is 370 g/mol. The first-order valence-electron chi connectivity index (χ1n) is 8.47. The summed E-state index contributed by atoms with van der Waals surface area (Å²) in [4.78, 5) is 12.7. The van der Waals surface area contributed by atoms with E-state index in [1.807, 2.05) is 36.6 Å². The van der Waals surface area contributed by atoms with Crippen LogP contribution in [0.3, 0.4) is 0 Å². The molecule has 0 saturated heterocycles. The van der Waals surface area contributed by atoms with E-state index in [9.17, 15) is 4.79 Å². The van der Waals surface area contributed by atoms with Crippen molar-refractivity contribution in [3.8, 4) is 11.6 Å². The molecule has 0 N–H and O–H groups in total. The molecule has 0 saturated carbocycles. The molecule has 0 unspecified atom stereocenters. The van der Waals surface area contributed by atoms with Crippen LogP contribution in [-0.2, 0) is 13.1 Å². The highest BCUT2D eigenvalue weighted by Gasteiger charge is 2.19. The maximum absolute atomic E-state index is 12.7. The van der Waals surface area contributed by atoms with E-state index < -0.39 is 0 Å². The molecule has 0 aliphatic carbocycles. The Kier molecular flexibility index (Phi) is 5.46. The number of rotatable bonds is 8. The van der Waals surface area contributed by atoms with Crippen molar-refractivity contribution in [3.63, 3.8) is 0 Å². The van der Waals surface area contributed by atoms with Gasteiger partial charge in [0.1, 0.15) is 0 Å². The summed E-state index contributed by atoms with van der Waals surface area (Å²) in [6, 6.07) is 5.61. The molecule has 3 rings (SSSR count). The lowest BCUT2D eigenvalue weighted by molar-refractivity contribution is 0.102. The maximum atomic E-state index is 12.7. The molecule has 0 amide bonds. The van der Waals surface area contributed by atoms with Crippen molar-refractivity contribution in [2.75, 3.05) is 5.75 Å². The van der Waals surface area contributed by atoms with Gasteiger partial charge in [0.2, 0.25) is 5.82 Å². The van der Waals surface area contributed by atoms with Crippen LogP contribution in [0.1, 0.15) is 28.7 Å². The molecular weight excluding hydrogens is 348 g/mol. The number of hydrogen-bond acceptors (Lipinski definition) is 5. The molecular formula is C19H22N4O2S. The van der Waals surface area contributed by atoms with Crippen molar-refractivity contribution < 1.29 is 9.21 Å². The van der Waals surface area contributed by atoms with Crippen LogP contribution in [0, 0.1) is 13.8 Å². The van der Waals surface area contributed by atoms with Crippen LogP contribution in [0.2, 0.25) is 0 Å². The first-order chi connectivity index (χ1) is 12.6. The minimum absolute atomic E-state index is 0.0931. The zero-order valence-corrected chi connectivity index (χ0v) is 16.0. The van der Waals surface area contributed by atoms with Gasteiger partial charge in [-0.05, 0) is 39.0 Å². The summed E-state index contributed by atoms with van der Waals surface area (Å²) in [6.45, 7) is 11.3. The van der Waals surface area contributed by atoms with Crippen LogP contribution in [0.25, 0.3) is 11.6 Å². The van der Waals surface area contributed by atoms with Crippen LogP contribution in [0.5, 0.6) is 0 Å². The third kappa shape index (κ3) is 3.39. The van der Waals surface area contributed by atoms with Crippen molar-refractivity contribution in [1.82, 2.24) is 19.3 Å².